The molecule has 2 aromatic carbocycles. The standard InChI is InChI=1S/C22H16Cl2N4OS/c1-28-21(18-4-2-3-11-26-18)27-19(13-5-10-16(20(25)29)17(24)12-13)22(28)30-15-8-6-14(23)7-9-15/h2-12H,1H3,(H2,25,29). The fourth-order valence-corrected chi connectivity index (χ4v) is 4.37. The van der Waals surface area contributed by atoms with Crippen LogP contribution in [0.15, 0.2) is 76.8 Å². The molecule has 2 aromatic heterocycles. The van der Waals surface area contributed by atoms with E-state index in [4.69, 9.17) is 33.9 Å². The lowest BCUT2D eigenvalue weighted by Crippen LogP contribution is -2.11. The minimum absolute atomic E-state index is 0.271. The van der Waals surface area contributed by atoms with E-state index in [0.29, 0.717) is 5.02 Å². The van der Waals surface area contributed by atoms with Gasteiger partial charge in [-0.05, 0) is 48.5 Å². The Morgan fingerprint density at radius 3 is 2.47 bits per heavy atom. The second kappa shape index (κ2) is 8.52. The van der Waals surface area contributed by atoms with Gasteiger partial charge in [-0.2, -0.15) is 0 Å². The van der Waals surface area contributed by atoms with Crippen molar-refractivity contribution in [3.05, 3.63) is 82.5 Å². The summed E-state index contributed by atoms with van der Waals surface area (Å²) in [5, 5.41) is 1.86. The molecule has 4 aromatic rings. The Labute approximate surface area is 187 Å². The molecule has 0 aliphatic rings. The number of nitrogens with zero attached hydrogens (tertiary/aromatic N) is 3. The summed E-state index contributed by atoms with van der Waals surface area (Å²) in [5.74, 6) is 0.148. The van der Waals surface area contributed by atoms with Crippen LogP contribution in [0.3, 0.4) is 0 Å². The predicted octanol–water partition coefficient (Wildman–Crippen LogP) is 5.71. The number of pyridine rings is 1. The Bertz CT molecular complexity index is 1220. The van der Waals surface area contributed by atoms with Crippen molar-refractivity contribution in [1.82, 2.24) is 14.5 Å². The van der Waals surface area contributed by atoms with Gasteiger partial charge in [0, 0.05) is 28.7 Å². The van der Waals surface area contributed by atoms with Gasteiger partial charge in [0.1, 0.15) is 16.4 Å². The SMILES string of the molecule is Cn1c(-c2ccccn2)nc(-c2ccc(C(N)=O)c(Cl)c2)c1Sc1ccc(Cl)cc1. The predicted molar refractivity (Wildman–Crippen MR) is 121 cm³/mol. The van der Waals surface area contributed by atoms with Crippen molar-refractivity contribution in [3.63, 3.8) is 0 Å². The Morgan fingerprint density at radius 1 is 1.07 bits per heavy atom. The number of benzene rings is 2. The van der Waals surface area contributed by atoms with Crippen molar-refractivity contribution in [2.45, 2.75) is 9.92 Å². The highest BCUT2D eigenvalue weighted by atomic mass is 35.5. The molecule has 0 spiro atoms. The molecule has 0 atom stereocenters. The Hall–Kier alpha value is -2.80. The molecule has 30 heavy (non-hydrogen) atoms. The summed E-state index contributed by atoms with van der Waals surface area (Å²) < 4.78 is 1.99. The number of hydrogen-bond donors (Lipinski definition) is 1. The van der Waals surface area contributed by atoms with Crippen LogP contribution >= 0.6 is 35.0 Å². The second-order valence-corrected chi connectivity index (χ2v) is 8.38. The number of halogens is 2. The first-order valence-corrected chi connectivity index (χ1v) is 10.5. The summed E-state index contributed by atoms with van der Waals surface area (Å²) in [7, 11) is 1.94. The molecule has 4 rings (SSSR count). The molecule has 1 amide bonds. The van der Waals surface area contributed by atoms with Gasteiger partial charge in [-0.3, -0.25) is 9.78 Å². The summed E-state index contributed by atoms with van der Waals surface area (Å²) in [5.41, 5.74) is 7.92. The van der Waals surface area contributed by atoms with E-state index < -0.39 is 5.91 Å². The van der Waals surface area contributed by atoms with Crippen molar-refractivity contribution < 1.29 is 4.79 Å². The Morgan fingerprint density at radius 2 is 1.83 bits per heavy atom. The summed E-state index contributed by atoms with van der Waals surface area (Å²) in [6.45, 7) is 0. The van der Waals surface area contributed by atoms with Crippen LogP contribution in [-0.4, -0.2) is 20.4 Å². The maximum atomic E-state index is 11.5. The van der Waals surface area contributed by atoms with E-state index in [-0.39, 0.29) is 10.6 Å². The van der Waals surface area contributed by atoms with Gasteiger partial charge >= 0.3 is 0 Å². The highest BCUT2D eigenvalue weighted by molar-refractivity contribution is 7.99. The maximum absolute atomic E-state index is 11.5. The monoisotopic (exact) mass is 454 g/mol. The molecule has 150 valence electrons. The molecule has 2 N–H and O–H groups in total. The summed E-state index contributed by atoms with van der Waals surface area (Å²) in [6.07, 6.45) is 1.73. The van der Waals surface area contributed by atoms with E-state index in [2.05, 4.69) is 4.98 Å². The van der Waals surface area contributed by atoms with Crippen molar-refractivity contribution in [2.75, 3.05) is 0 Å². The first-order valence-electron chi connectivity index (χ1n) is 8.95. The number of nitrogens with two attached hydrogens (primary N) is 1. The van der Waals surface area contributed by atoms with Gasteiger partial charge in [0.25, 0.3) is 0 Å². The lowest BCUT2D eigenvalue weighted by molar-refractivity contribution is 0.100. The first kappa shape index (κ1) is 20.5. The fourth-order valence-electron chi connectivity index (χ4n) is 2.99. The molecule has 0 bridgehead atoms. The van der Waals surface area contributed by atoms with Crippen LogP contribution in [0.25, 0.3) is 22.8 Å². The van der Waals surface area contributed by atoms with Crippen molar-refractivity contribution in [3.8, 4) is 22.8 Å². The van der Waals surface area contributed by atoms with Gasteiger partial charge in [-0.15, -0.1) is 0 Å². The molecular formula is C22H16Cl2N4OS. The number of amides is 1. The van der Waals surface area contributed by atoms with Gasteiger partial charge < -0.3 is 10.3 Å². The van der Waals surface area contributed by atoms with Gasteiger partial charge in [-0.25, -0.2) is 4.98 Å². The minimum atomic E-state index is -0.572. The highest BCUT2D eigenvalue weighted by Gasteiger charge is 2.20. The lowest BCUT2D eigenvalue weighted by atomic mass is 10.1. The van der Waals surface area contributed by atoms with Crippen LogP contribution < -0.4 is 5.73 Å². The Kier molecular flexibility index (Phi) is 5.81. The van der Waals surface area contributed by atoms with Crippen LogP contribution in [0.2, 0.25) is 10.0 Å². The van der Waals surface area contributed by atoms with Crippen LogP contribution in [0, 0.1) is 0 Å². The normalized spacial score (nSPS) is 10.9. The van der Waals surface area contributed by atoms with Gasteiger partial charge in [-0.1, -0.05) is 47.1 Å². The van der Waals surface area contributed by atoms with Crippen LogP contribution in [0.4, 0.5) is 0 Å². The number of hydrogen-bond acceptors (Lipinski definition) is 4. The molecule has 0 fully saturated rings. The average Bonchev–Trinajstić information content (AvgIpc) is 3.06. The van der Waals surface area contributed by atoms with Crippen molar-refractivity contribution in [1.29, 1.82) is 0 Å². The fraction of sp³-hybridized carbons (Fsp3) is 0.0455. The molecule has 0 aliphatic carbocycles. The number of carbonyl (C=O) groups is 1. The zero-order valence-electron chi connectivity index (χ0n) is 15.8. The molecule has 0 saturated carbocycles. The van der Waals surface area contributed by atoms with Gasteiger partial charge in [0.05, 0.1) is 10.6 Å². The third kappa shape index (κ3) is 4.07. The topological polar surface area (TPSA) is 73.8 Å². The van der Waals surface area contributed by atoms with Crippen LogP contribution in [0.1, 0.15) is 10.4 Å². The van der Waals surface area contributed by atoms with Crippen LogP contribution in [0.5, 0.6) is 0 Å². The van der Waals surface area contributed by atoms with Gasteiger partial charge in [0.2, 0.25) is 5.91 Å². The molecule has 5 nitrogen and oxygen atoms in total. The number of primary amides is 1. The molecule has 0 saturated heterocycles. The van der Waals surface area contributed by atoms with E-state index in [1.165, 1.54) is 0 Å². The smallest absolute Gasteiger partial charge is 0.250 e. The number of aromatic nitrogens is 3. The minimum Gasteiger partial charge on any atom is -0.366 e. The van der Waals surface area contributed by atoms with E-state index >= 15 is 0 Å². The lowest BCUT2D eigenvalue weighted by Gasteiger charge is -2.08. The third-order valence-corrected chi connectivity index (χ3v) is 6.21. The zero-order valence-corrected chi connectivity index (χ0v) is 18.2. The molecular weight excluding hydrogens is 439 g/mol. The summed E-state index contributed by atoms with van der Waals surface area (Å²) in [6, 6.07) is 18.4. The van der Waals surface area contributed by atoms with Crippen LogP contribution in [-0.2, 0) is 7.05 Å². The number of carbonyl (C=O) groups excluding carboxylic acids is 1. The van der Waals surface area contributed by atoms with E-state index in [1.807, 2.05) is 54.1 Å². The Balaban J connectivity index is 1.86. The van der Waals surface area contributed by atoms with Crippen molar-refractivity contribution in [2.24, 2.45) is 12.8 Å². The van der Waals surface area contributed by atoms with E-state index in [9.17, 15) is 4.79 Å². The quantitative estimate of drug-likeness (QED) is 0.419. The van der Waals surface area contributed by atoms with E-state index in [0.717, 1.165) is 32.7 Å². The molecule has 8 heteroatoms. The third-order valence-electron chi connectivity index (χ3n) is 4.47. The van der Waals surface area contributed by atoms with Crippen molar-refractivity contribution >= 4 is 40.9 Å². The largest absolute Gasteiger partial charge is 0.366 e. The summed E-state index contributed by atoms with van der Waals surface area (Å²) >= 11 is 13.9. The molecule has 0 radical (unpaired) electrons. The van der Waals surface area contributed by atoms with Gasteiger partial charge in [0.15, 0.2) is 5.82 Å². The number of rotatable bonds is 5. The maximum Gasteiger partial charge on any atom is 0.250 e. The second-order valence-electron chi connectivity index (χ2n) is 6.48. The summed E-state index contributed by atoms with van der Waals surface area (Å²) in [4.78, 5) is 21.8. The zero-order chi connectivity index (χ0) is 21.3. The molecule has 2 heterocycles. The highest BCUT2D eigenvalue weighted by Crippen LogP contribution is 2.39. The average molecular weight is 455 g/mol. The molecule has 0 aliphatic heterocycles. The number of imidazole rings is 1. The molecule has 0 unspecified atom stereocenters. The first-order chi connectivity index (χ1) is 14.4. The van der Waals surface area contributed by atoms with E-state index in [1.54, 1.807) is 36.2 Å².